The minimum Gasteiger partial charge on any atom is -0.309 e. The summed E-state index contributed by atoms with van der Waals surface area (Å²) in [4.78, 5) is 19.9. The Balaban J connectivity index is 1.62. The van der Waals surface area contributed by atoms with Gasteiger partial charge < -0.3 is 4.57 Å². The first-order valence-electron chi connectivity index (χ1n) is 9.86. The fourth-order valence-corrected chi connectivity index (χ4v) is 5.45. The molecule has 2 aromatic rings. The van der Waals surface area contributed by atoms with Crippen LogP contribution in [0.5, 0.6) is 0 Å². The van der Waals surface area contributed by atoms with E-state index in [1.807, 2.05) is 6.07 Å². The predicted molar refractivity (Wildman–Crippen MR) is 107 cm³/mol. The van der Waals surface area contributed by atoms with Crippen molar-refractivity contribution in [3.05, 3.63) is 50.3 Å². The predicted octanol–water partition coefficient (Wildman–Crippen LogP) is 4.21. The van der Waals surface area contributed by atoms with Gasteiger partial charge in [0.2, 0.25) is 0 Å². The lowest BCUT2D eigenvalue weighted by atomic mass is 9.76. The van der Waals surface area contributed by atoms with Crippen molar-refractivity contribution in [3.8, 4) is 0 Å². The Morgan fingerprint density at radius 2 is 2.15 bits per heavy atom. The van der Waals surface area contributed by atoms with E-state index in [-0.39, 0.29) is 5.56 Å². The molecule has 0 N–H and O–H groups in total. The van der Waals surface area contributed by atoms with E-state index in [4.69, 9.17) is 0 Å². The van der Waals surface area contributed by atoms with Crippen LogP contribution in [-0.2, 0) is 6.54 Å². The highest BCUT2D eigenvalue weighted by Gasteiger charge is 2.40. The largest absolute Gasteiger partial charge is 0.309 e. The lowest BCUT2D eigenvalue weighted by Crippen LogP contribution is -2.49. The summed E-state index contributed by atoms with van der Waals surface area (Å²) in [5, 5.41) is 3.33. The zero-order chi connectivity index (χ0) is 18.3. The highest BCUT2D eigenvalue weighted by molar-refractivity contribution is 7.09. The molecule has 4 nitrogen and oxygen atoms in total. The third kappa shape index (κ3) is 3.52. The van der Waals surface area contributed by atoms with Crippen molar-refractivity contribution in [1.29, 1.82) is 0 Å². The fourth-order valence-electron chi connectivity index (χ4n) is 4.85. The number of pyridine rings is 1. The monoisotopic (exact) mass is 371 g/mol. The highest BCUT2D eigenvalue weighted by Crippen LogP contribution is 2.43. The zero-order valence-electron chi connectivity index (χ0n) is 16.0. The van der Waals surface area contributed by atoms with Crippen LogP contribution < -0.4 is 5.56 Å². The highest BCUT2D eigenvalue weighted by atomic mass is 32.1. The summed E-state index contributed by atoms with van der Waals surface area (Å²) in [7, 11) is 0. The van der Waals surface area contributed by atoms with Crippen LogP contribution in [0.3, 0.4) is 0 Å². The van der Waals surface area contributed by atoms with Gasteiger partial charge in [-0.2, -0.15) is 0 Å². The van der Waals surface area contributed by atoms with Crippen molar-refractivity contribution >= 4 is 11.3 Å². The molecule has 0 amide bonds. The van der Waals surface area contributed by atoms with Crippen LogP contribution in [0.15, 0.2) is 28.4 Å². The molecule has 2 bridgehead atoms. The van der Waals surface area contributed by atoms with E-state index in [1.165, 1.54) is 24.2 Å². The molecule has 3 atom stereocenters. The average molecular weight is 372 g/mol. The van der Waals surface area contributed by atoms with Crippen molar-refractivity contribution in [1.82, 2.24) is 14.5 Å². The minimum atomic E-state index is 0.189. The molecule has 2 aliphatic heterocycles. The Labute approximate surface area is 159 Å². The first-order valence-corrected chi connectivity index (χ1v) is 10.7. The second kappa shape index (κ2) is 7.28. The van der Waals surface area contributed by atoms with Crippen molar-refractivity contribution in [2.24, 2.45) is 11.8 Å². The maximum absolute atomic E-state index is 12.7. The molecule has 0 saturated carbocycles. The molecule has 4 rings (SSSR count). The van der Waals surface area contributed by atoms with Gasteiger partial charge >= 0.3 is 0 Å². The number of thiazole rings is 1. The van der Waals surface area contributed by atoms with Crippen LogP contribution in [0.1, 0.15) is 61.5 Å². The van der Waals surface area contributed by atoms with Crippen molar-refractivity contribution < 1.29 is 0 Å². The minimum absolute atomic E-state index is 0.189. The van der Waals surface area contributed by atoms with E-state index in [9.17, 15) is 4.79 Å². The van der Waals surface area contributed by atoms with E-state index in [1.54, 1.807) is 17.4 Å². The SMILES string of the molecule is Cc1nc(CN2C[C@H]3C[C@@H](C2)[C@H](CCC(C)C)n2c3cccc2=O)cs1. The van der Waals surface area contributed by atoms with Gasteiger partial charge in [0.05, 0.1) is 10.7 Å². The molecular weight excluding hydrogens is 342 g/mol. The molecule has 4 heterocycles. The second-order valence-corrected chi connectivity index (χ2v) is 9.50. The number of hydrogen-bond donors (Lipinski definition) is 0. The Bertz CT molecular complexity index is 825. The average Bonchev–Trinajstić information content (AvgIpc) is 3.00. The number of fused-ring (bicyclic) bond motifs is 4. The molecule has 0 unspecified atom stereocenters. The number of aromatic nitrogens is 2. The number of nitrogens with zero attached hydrogens (tertiary/aromatic N) is 3. The Kier molecular flexibility index (Phi) is 5.02. The van der Waals surface area contributed by atoms with Gasteiger partial charge in [-0.25, -0.2) is 4.98 Å². The smallest absolute Gasteiger partial charge is 0.250 e. The van der Waals surface area contributed by atoms with Gasteiger partial charge in [0.25, 0.3) is 5.56 Å². The molecule has 5 heteroatoms. The lowest BCUT2D eigenvalue weighted by Gasteiger charge is -2.47. The van der Waals surface area contributed by atoms with Crippen LogP contribution in [0, 0.1) is 18.8 Å². The molecule has 140 valence electrons. The Morgan fingerprint density at radius 3 is 2.88 bits per heavy atom. The van der Waals surface area contributed by atoms with Crippen LogP contribution in [0.2, 0.25) is 0 Å². The normalized spacial score (nSPS) is 25.5. The number of piperidine rings is 1. The summed E-state index contributed by atoms with van der Waals surface area (Å²) in [5.41, 5.74) is 2.63. The van der Waals surface area contributed by atoms with Crippen LogP contribution in [-0.4, -0.2) is 27.5 Å². The van der Waals surface area contributed by atoms with Gasteiger partial charge in [-0.1, -0.05) is 19.9 Å². The number of aryl methyl sites for hydroxylation is 1. The Morgan fingerprint density at radius 1 is 1.31 bits per heavy atom. The second-order valence-electron chi connectivity index (χ2n) is 8.44. The van der Waals surface area contributed by atoms with Crippen molar-refractivity contribution in [3.63, 3.8) is 0 Å². The van der Waals surface area contributed by atoms with Gasteiger partial charge in [0.15, 0.2) is 0 Å². The van der Waals surface area contributed by atoms with E-state index < -0.39 is 0 Å². The van der Waals surface area contributed by atoms with Gasteiger partial charge in [-0.15, -0.1) is 11.3 Å². The molecule has 1 fully saturated rings. The maximum atomic E-state index is 12.7. The summed E-state index contributed by atoms with van der Waals surface area (Å²) in [6.07, 6.45) is 3.51. The quantitative estimate of drug-likeness (QED) is 0.790. The summed E-state index contributed by atoms with van der Waals surface area (Å²) >= 11 is 1.73. The van der Waals surface area contributed by atoms with E-state index in [0.29, 0.717) is 23.8 Å². The zero-order valence-corrected chi connectivity index (χ0v) is 16.8. The third-order valence-corrected chi connectivity index (χ3v) is 6.79. The molecule has 0 spiro atoms. The number of rotatable bonds is 5. The van der Waals surface area contributed by atoms with Crippen molar-refractivity contribution in [2.45, 2.75) is 58.5 Å². The summed E-state index contributed by atoms with van der Waals surface area (Å²) in [6.45, 7) is 9.68. The Hall–Kier alpha value is -1.46. The molecule has 0 radical (unpaired) electrons. The standard InChI is InChI=1S/C21H29N3OS/c1-14(2)7-8-20-17-9-16(19-5-4-6-21(25)24(19)20)10-23(11-17)12-18-13-26-15(3)22-18/h4-6,13-14,16-17,20H,7-12H2,1-3H3/t16-,17+,20+/m1/s1. The van der Waals surface area contributed by atoms with E-state index in [2.05, 4.69) is 46.7 Å². The number of likely N-dealkylation sites (tertiary alicyclic amines) is 1. The van der Waals surface area contributed by atoms with Gasteiger partial charge in [0, 0.05) is 48.7 Å². The first-order chi connectivity index (χ1) is 12.5. The third-order valence-electron chi connectivity index (χ3n) is 5.97. The van der Waals surface area contributed by atoms with Gasteiger partial charge in [0.1, 0.15) is 0 Å². The maximum Gasteiger partial charge on any atom is 0.250 e. The molecule has 0 aliphatic carbocycles. The molecule has 0 aromatic carbocycles. The molecule has 2 aromatic heterocycles. The van der Waals surface area contributed by atoms with E-state index in [0.717, 1.165) is 31.1 Å². The summed E-state index contributed by atoms with van der Waals surface area (Å²) < 4.78 is 2.14. The fraction of sp³-hybridized carbons (Fsp3) is 0.619. The first kappa shape index (κ1) is 17.9. The lowest BCUT2D eigenvalue weighted by molar-refractivity contribution is 0.0791. The van der Waals surface area contributed by atoms with Crippen molar-refractivity contribution in [2.75, 3.05) is 13.1 Å². The molecule has 26 heavy (non-hydrogen) atoms. The number of hydrogen-bond acceptors (Lipinski definition) is 4. The van der Waals surface area contributed by atoms with Gasteiger partial charge in [-0.05, 0) is 44.1 Å². The molecule has 1 saturated heterocycles. The van der Waals surface area contributed by atoms with Crippen LogP contribution in [0.25, 0.3) is 0 Å². The van der Waals surface area contributed by atoms with Crippen LogP contribution >= 0.6 is 11.3 Å². The topological polar surface area (TPSA) is 38.1 Å². The summed E-state index contributed by atoms with van der Waals surface area (Å²) in [6, 6.07) is 6.21. The van der Waals surface area contributed by atoms with Gasteiger partial charge in [-0.3, -0.25) is 9.69 Å². The molecular formula is C21H29N3OS. The molecule has 2 aliphatic rings. The van der Waals surface area contributed by atoms with Crippen LogP contribution in [0.4, 0.5) is 0 Å². The van der Waals surface area contributed by atoms with E-state index >= 15 is 0 Å². The summed E-state index contributed by atoms with van der Waals surface area (Å²) in [5.74, 6) is 1.71.